The van der Waals surface area contributed by atoms with Crippen molar-refractivity contribution in [3.63, 3.8) is 0 Å². The zero-order valence-electron chi connectivity index (χ0n) is 9.75. The van der Waals surface area contributed by atoms with Crippen molar-refractivity contribution in [2.24, 2.45) is 0 Å². The number of anilines is 1. The van der Waals surface area contributed by atoms with Crippen molar-refractivity contribution in [3.05, 3.63) is 23.8 Å². The lowest BCUT2D eigenvalue weighted by atomic mass is 9.78. The largest absolute Gasteiger partial charge is 0.508 e. The van der Waals surface area contributed by atoms with Crippen LogP contribution in [0.15, 0.2) is 18.2 Å². The summed E-state index contributed by atoms with van der Waals surface area (Å²) in [5.41, 5.74) is 2.57. The summed E-state index contributed by atoms with van der Waals surface area (Å²) in [7, 11) is 0. The molecule has 2 atom stereocenters. The van der Waals surface area contributed by atoms with Crippen LogP contribution in [0.1, 0.15) is 31.7 Å². The minimum absolute atomic E-state index is 0.109. The maximum absolute atomic E-state index is 9.57. The summed E-state index contributed by atoms with van der Waals surface area (Å²) in [5.74, 6) is 0.899. The predicted octanol–water partition coefficient (Wildman–Crippen LogP) is 2.04. The SMILES string of the molecule is CC1(C)NCCC2c3cc(O)ccc3NC21. The summed E-state index contributed by atoms with van der Waals surface area (Å²) in [6.07, 6.45) is 1.14. The number of aromatic hydroxyl groups is 1. The highest BCUT2D eigenvalue weighted by atomic mass is 16.3. The summed E-state index contributed by atoms with van der Waals surface area (Å²) in [4.78, 5) is 0. The van der Waals surface area contributed by atoms with Gasteiger partial charge in [0.05, 0.1) is 6.04 Å². The van der Waals surface area contributed by atoms with E-state index in [0.29, 0.717) is 17.7 Å². The van der Waals surface area contributed by atoms with Gasteiger partial charge < -0.3 is 15.7 Å². The number of piperidine rings is 1. The zero-order valence-corrected chi connectivity index (χ0v) is 9.75. The molecule has 3 N–H and O–H groups in total. The van der Waals surface area contributed by atoms with Gasteiger partial charge in [-0.2, -0.15) is 0 Å². The van der Waals surface area contributed by atoms with Gasteiger partial charge in [0.1, 0.15) is 5.75 Å². The molecule has 2 aliphatic heterocycles. The lowest BCUT2D eigenvalue weighted by Crippen LogP contribution is -2.57. The quantitative estimate of drug-likeness (QED) is 0.584. The molecule has 0 bridgehead atoms. The third-order valence-corrected chi connectivity index (χ3v) is 3.96. The highest BCUT2D eigenvalue weighted by Crippen LogP contribution is 2.44. The first-order chi connectivity index (χ1) is 7.58. The van der Waals surface area contributed by atoms with E-state index >= 15 is 0 Å². The smallest absolute Gasteiger partial charge is 0.116 e. The van der Waals surface area contributed by atoms with Crippen LogP contribution in [0.25, 0.3) is 0 Å². The second-order valence-corrected chi connectivity index (χ2v) is 5.44. The zero-order chi connectivity index (χ0) is 11.3. The minimum Gasteiger partial charge on any atom is -0.508 e. The molecule has 16 heavy (non-hydrogen) atoms. The Labute approximate surface area is 95.9 Å². The van der Waals surface area contributed by atoms with Gasteiger partial charge in [-0.15, -0.1) is 0 Å². The van der Waals surface area contributed by atoms with E-state index in [9.17, 15) is 5.11 Å². The molecule has 1 fully saturated rings. The van der Waals surface area contributed by atoms with Gasteiger partial charge in [0.15, 0.2) is 0 Å². The molecule has 0 spiro atoms. The summed E-state index contributed by atoms with van der Waals surface area (Å²) in [5, 5.41) is 16.7. The van der Waals surface area contributed by atoms with Crippen LogP contribution < -0.4 is 10.6 Å². The lowest BCUT2D eigenvalue weighted by molar-refractivity contribution is 0.256. The Morgan fingerprint density at radius 1 is 1.38 bits per heavy atom. The first kappa shape index (κ1) is 9.97. The number of nitrogens with one attached hydrogen (secondary N) is 2. The second-order valence-electron chi connectivity index (χ2n) is 5.44. The molecule has 0 amide bonds. The van der Waals surface area contributed by atoms with E-state index in [1.165, 1.54) is 11.3 Å². The van der Waals surface area contributed by atoms with Crippen molar-refractivity contribution in [2.45, 2.75) is 37.8 Å². The van der Waals surface area contributed by atoms with Gasteiger partial charge in [-0.3, -0.25) is 0 Å². The average Bonchev–Trinajstić information content (AvgIpc) is 2.58. The van der Waals surface area contributed by atoms with Gasteiger partial charge in [-0.05, 0) is 50.6 Å². The van der Waals surface area contributed by atoms with Crippen LogP contribution >= 0.6 is 0 Å². The Hall–Kier alpha value is -1.22. The third-order valence-electron chi connectivity index (χ3n) is 3.96. The Bertz CT molecular complexity index is 428. The van der Waals surface area contributed by atoms with E-state index in [-0.39, 0.29) is 5.54 Å². The molecule has 3 nitrogen and oxygen atoms in total. The summed E-state index contributed by atoms with van der Waals surface area (Å²) < 4.78 is 0. The monoisotopic (exact) mass is 218 g/mol. The molecule has 1 aromatic rings. The van der Waals surface area contributed by atoms with E-state index in [1.54, 1.807) is 6.07 Å². The van der Waals surface area contributed by atoms with Crippen LogP contribution in [0.5, 0.6) is 5.75 Å². The Balaban J connectivity index is 2.03. The van der Waals surface area contributed by atoms with Gasteiger partial charge in [-0.25, -0.2) is 0 Å². The number of hydrogen-bond acceptors (Lipinski definition) is 3. The Morgan fingerprint density at radius 2 is 2.19 bits per heavy atom. The molecule has 0 aromatic heterocycles. The highest BCUT2D eigenvalue weighted by Gasteiger charge is 2.44. The van der Waals surface area contributed by atoms with E-state index in [4.69, 9.17) is 0 Å². The van der Waals surface area contributed by atoms with Crippen LogP contribution in [0.2, 0.25) is 0 Å². The first-order valence-corrected chi connectivity index (χ1v) is 5.92. The molecule has 2 unspecified atom stereocenters. The standard InChI is InChI=1S/C13H18N2O/c1-13(2)12-9(5-6-14-13)10-7-8(16)3-4-11(10)15-12/h3-4,7,9,12,14-16H,5-6H2,1-2H3. The highest BCUT2D eigenvalue weighted by molar-refractivity contribution is 5.62. The Kier molecular flexibility index (Phi) is 1.96. The molecule has 2 heterocycles. The molecule has 86 valence electrons. The maximum atomic E-state index is 9.57. The van der Waals surface area contributed by atoms with Crippen LogP contribution in [0.4, 0.5) is 5.69 Å². The molecule has 3 heteroatoms. The fourth-order valence-electron chi connectivity index (χ4n) is 3.10. The molecule has 0 radical (unpaired) electrons. The Morgan fingerprint density at radius 3 is 3.00 bits per heavy atom. The molecule has 2 aliphatic rings. The molecular formula is C13H18N2O. The van der Waals surface area contributed by atoms with Gasteiger partial charge in [-0.1, -0.05) is 0 Å². The topological polar surface area (TPSA) is 44.3 Å². The maximum Gasteiger partial charge on any atom is 0.116 e. The number of fused-ring (bicyclic) bond motifs is 3. The van der Waals surface area contributed by atoms with E-state index in [2.05, 4.69) is 24.5 Å². The van der Waals surface area contributed by atoms with Crippen molar-refractivity contribution < 1.29 is 5.11 Å². The molecular weight excluding hydrogens is 200 g/mol. The molecule has 1 aromatic carbocycles. The van der Waals surface area contributed by atoms with Crippen molar-refractivity contribution in [2.75, 3.05) is 11.9 Å². The van der Waals surface area contributed by atoms with Crippen molar-refractivity contribution in [1.29, 1.82) is 0 Å². The normalized spacial score (nSPS) is 30.4. The van der Waals surface area contributed by atoms with Crippen LogP contribution in [0, 0.1) is 0 Å². The fourth-order valence-corrected chi connectivity index (χ4v) is 3.10. The molecule has 3 rings (SSSR count). The van der Waals surface area contributed by atoms with E-state index in [1.807, 2.05) is 12.1 Å². The van der Waals surface area contributed by atoms with Gasteiger partial charge >= 0.3 is 0 Å². The summed E-state index contributed by atoms with van der Waals surface area (Å²) in [6.45, 7) is 5.52. The number of phenolic OH excluding ortho intramolecular Hbond substituents is 1. The van der Waals surface area contributed by atoms with Crippen molar-refractivity contribution >= 4 is 5.69 Å². The first-order valence-electron chi connectivity index (χ1n) is 5.92. The number of hydrogen-bond donors (Lipinski definition) is 3. The molecule has 1 saturated heterocycles. The number of benzene rings is 1. The van der Waals surface area contributed by atoms with Crippen LogP contribution in [-0.4, -0.2) is 23.2 Å². The van der Waals surface area contributed by atoms with Crippen LogP contribution in [0.3, 0.4) is 0 Å². The van der Waals surface area contributed by atoms with Crippen molar-refractivity contribution in [1.82, 2.24) is 5.32 Å². The summed E-state index contributed by atoms with van der Waals surface area (Å²) in [6, 6.07) is 6.08. The second kappa shape index (κ2) is 3.14. The fraction of sp³-hybridized carbons (Fsp3) is 0.538. The number of rotatable bonds is 0. The average molecular weight is 218 g/mol. The van der Waals surface area contributed by atoms with E-state index in [0.717, 1.165) is 13.0 Å². The van der Waals surface area contributed by atoms with Gasteiger partial charge in [0.25, 0.3) is 0 Å². The summed E-state index contributed by atoms with van der Waals surface area (Å²) >= 11 is 0. The minimum atomic E-state index is 0.109. The number of phenols is 1. The van der Waals surface area contributed by atoms with Gasteiger partial charge in [0.2, 0.25) is 0 Å². The van der Waals surface area contributed by atoms with E-state index < -0.39 is 0 Å². The van der Waals surface area contributed by atoms with Crippen molar-refractivity contribution in [3.8, 4) is 5.75 Å². The molecule has 0 saturated carbocycles. The predicted molar refractivity (Wildman–Crippen MR) is 65.0 cm³/mol. The molecule has 0 aliphatic carbocycles. The van der Waals surface area contributed by atoms with Gasteiger partial charge in [0, 0.05) is 17.1 Å². The van der Waals surface area contributed by atoms with Crippen LogP contribution in [-0.2, 0) is 0 Å². The third kappa shape index (κ3) is 1.31. The lowest BCUT2D eigenvalue weighted by Gasteiger charge is -2.41.